The van der Waals surface area contributed by atoms with Crippen LogP contribution in [-0.2, 0) is 4.79 Å². The van der Waals surface area contributed by atoms with E-state index in [0.29, 0.717) is 23.7 Å². The number of carbonyl (C=O) groups is 1. The summed E-state index contributed by atoms with van der Waals surface area (Å²) in [7, 11) is 0. The van der Waals surface area contributed by atoms with Crippen LogP contribution in [0.5, 0.6) is 0 Å². The van der Waals surface area contributed by atoms with Gasteiger partial charge in [-0.1, -0.05) is 20.3 Å². The monoisotopic (exact) mass is 288 g/mol. The second-order valence-electron chi connectivity index (χ2n) is 8.76. The maximum Gasteiger partial charge on any atom is 0.197 e. The maximum absolute atomic E-state index is 11.9. The lowest BCUT2D eigenvalue weighted by atomic mass is 9.46. The normalized spacial score (nSPS) is 52.7. The molecular weight excluding hydrogens is 260 g/mol. The van der Waals surface area contributed by atoms with Crippen molar-refractivity contribution < 1.29 is 9.90 Å². The first-order valence-corrected chi connectivity index (χ1v) is 8.89. The number of fused-ring (bicyclic) bond motifs is 5. The summed E-state index contributed by atoms with van der Waals surface area (Å²) in [6.07, 6.45) is 11.9. The summed E-state index contributed by atoms with van der Waals surface area (Å²) in [5, 5.41) is 10.0. The molecule has 0 aliphatic heterocycles. The summed E-state index contributed by atoms with van der Waals surface area (Å²) in [6, 6.07) is 0. The summed E-state index contributed by atoms with van der Waals surface area (Å²) in [6.45, 7) is 4.85. The number of carbonyl (C=O) groups excluding carboxylic acids is 1. The molecule has 0 amide bonds. The lowest BCUT2D eigenvalue weighted by Gasteiger charge is -2.58. The third kappa shape index (κ3) is 1.80. The van der Waals surface area contributed by atoms with Gasteiger partial charge in [-0.25, -0.2) is 0 Å². The number of aliphatic hydroxyl groups excluding tert-OH is 1. The molecular formula is C19H28O2. The highest BCUT2D eigenvalue weighted by Gasteiger charge is 2.57. The van der Waals surface area contributed by atoms with E-state index in [0.717, 1.165) is 11.8 Å². The van der Waals surface area contributed by atoms with Crippen molar-refractivity contribution in [3.8, 4) is 0 Å². The van der Waals surface area contributed by atoms with Crippen LogP contribution in [0.15, 0.2) is 11.8 Å². The van der Waals surface area contributed by atoms with Crippen molar-refractivity contribution in [3.05, 3.63) is 11.8 Å². The van der Waals surface area contributed by atoms with Crippen LogP contribution in [0.1, 0.15) is 65.2 Å². The fourth-order valence-corrected chi connectivity index (χ4v) is 6.71. The van der Waals surface area contributed by atoms with Crippen LogP contribution >= 0.6 is 0 Å². The van der Waals surface area contributed by atoms with Gasteiger partial charge in [-0.05, 0) is 79.1 Å². The number of rotatable bonds is 0. The van der Waals surface area contributed by atoms with E-state index >= 15 is 0 Å². The topological polar surface area (TPSA) is 37.3 Å². The molecule has 3 fully saturated rings. The van der Waals surface area contributed by atoms with Crippen molar-refractivity contribution in [1.29, 1.82) is 0 Å². The van der Waals surface area contributed by atoms with Gasteiger partial charge in [-0.2, -0.15) is 0 Å². The minimum atomic E-state index is -0.0301. The van der Waals surface area contributed by atoms with Gasteiger partial charge < -0.3 is 5.11 Å². The number of hydrogen-bond acceptors (Lipinski definition) is 2. The number of hydrogen-bond donors (Lipinski definition) is 1. The molecule has 0 spiro atoms. The molecule has 3 saturated carbocycles. The van der Waals surface area contributed by atoms with E-state index in [1.165, 1.54) is 44.9 Å². The zero-order valence-corrected chi connectivity index (χ0v) is 13.4. The minimum Gasteiger partial charge on any atom is -0.505 e. The number of ketones is 1. The van der Waals surface area contributed by atoms with Crippen molar-refractivity contribution in [3.63, 3.8) is 0 Å². The Bertz CT molecular complexity index is 508. The highest BCUT2D eigenvalue weighted by Crippen LogP contribution is 2.65. The van der Waals surface area contributed by atoms with E-state index in [9.17, 15) is 9.90 Å². The Balaban J connectivity index is 1.71. The van der Waals surface area contributed by atoms with Gasteiger partial charge in [0.25, 0.3) is 0 Å². The molecule has 21 heavy (non-hydrogen) atoms. The van der Waals surface area contributed by atoms with Gasteiger partial charge in [0.15, 0.2) is 11.5 Å². The standard InChI is InChI=1S/C19H28O2/c1-18-8-3-4-14(18)13-6-5-12-10-16(20)17(21)11-19(12,2)15(13)7-9-18/h11-15,21H,3-10H2,1-2H3/t12?,13-,14-,15-,18-,19-/m0/s1. The maximum atomic E-state index is 11.9. The van der Waals surface area contributed by atoms with Crippen LogP contribution in [0.4, 0.5) is 0 Å². The Morgan fingerprint density at radius 3 is 2.71 bits per heavy atom. The number of Topliss-reactive ketones (excluding diaryl/α,β-unsaturated/α-hetero) is 1. The van der Waals surface area contributed by atoms with Gasteiger partial charge in [0, 0.05) is 6.42 Å². The van der Waals surface area contributed by atoms with Crippen LogP contribution in [0.25, 0.3) is 0 Å². The van der Waals surface area contributed by atoms with Gasteiger partial charge in [0.2, 0.25) is 0 Å². The van der Waals surface area contributed by atoms with Crippen LogP contribution in [-0.4, -0.2) is 10.9 Å². The highest BCUT2D eigenvalue weighted by atomic mass is 16.3. The molecule has 0 saturated heterocycles. The lowest BCUT2D eigenvalue weighted by Crippen LogP contribution is -2.51. The van der Waals surface area contributed by atoms with Crippen LogP contribution in [0.2, 0.25) is 0 Å². The average molecular weight is 288 g/mol. The second-order valence-corrected chi connectivity index (χ2v) is 8.76. The van der Waals surface area contributed by atoms with E-state index in [4.69, 9.17) is 0 Å². The Morgan fingerprint density at radius 2 is 1.90 bits per heavy atom. The SMILES string of the molecule is C[C@@]12CCC[C@H]1[C@@H]1CCC3CC(=O)C(O)=C[C@]3(C)[C@H]1CC2. The number of aliphatic hydroxyl groups is 1. The fourth-order valence-electron chi connectivity index (χ4n) is 6.71. The van der Waals surface area contributed by atoms with Gasteiger partial charge in [0.05, 0.1) is 0 Å². The van der Waals surface area contributed by atoms with E-state index < -0.39 is 0 Å². The predicted molar refractivity (Wildman–Crippen MR) is 82.8 cm³/mol. The zero-order valence-electron chi connectivity index (χ0n) is 13.4. The third-order valence-electron chi connectivity index (χ3n) is 7.91. The first kappa shape index (κ1) is 13.8. The Labute approximate surface area is 128 Å². The minimum absolute atomic E-state index is 0.0301. The van der Waals surface area contributed by atoms with Crippen LogP contribution in [0, 0.1) is 34.5 Å². The van der Waals surface area contributed by atoms with Gasteiger partial charge in [0.1, 0.15) is 0 Å². The van der Waals surface area contributed by atoms with Crippen molar-refractivity contribution >= 4 is 5.78 Å². The molecule has 4 aliphatic rings. The molecule has 0 aromatic heterocycles. The van der Waals surface area contributed by atoms with Crippen molar-refractivity contribution in [2.45, 2.75) is 65.2 Å². The summed E-state index contributed by atoms with van der Waals surface area (Å²) >= 11 is 0. The molecule has 0 radical (unpaired) electrons. The van der Waals surface area contributed by atoms with E-state index in [-0.39, 0.29) is 17.0 Å². The quantitative estimate of drug-likeness (QED) is 0.704. The van der Waals surface area contributed by atoms with E-state index in [1.807, 2.05) is 6.08 Å². The number of allylic oxidation sites excluding steroid dienone is 2. The van der Waals surface area contributed by atoms with E-state index in [1.54, 1.807) is 0 Å². The molecule has 6 atom stereocenters. The highest BCUT2D eigenvalue weighted by molar-refractivity contribution is 5.94. The van der Waals surface area contributed by atoms with Crippen molar-refractivity contribution in [1.82, 2.24) is 0 Å². The van der Waals surface area contributed by atoms with Gasteiger partial charge in [-0.3, -0.25) is 4.79 Å². The molecule has 0 aromatic rings. The van der Waals surface area contributed by atoms with Crippen molar-refractivity contribution in [2.75, 3.05) is 0 Å². The molecule has 116 valence electrons. The van der Waals surface area contributed by atoms with Crippen LogP contribution < -0.4 is 0 Å². The second kappa shape index (κ2) is 4.36. The Kier molecular flexibility index (Phi) is 2.88. The largest absolute Gasteiger partial charge is 0.505 e. The summed E-state index contributed by atoms with van der Waals surface area (Å²) in [5.74, 6) is 2.88. The smallest absolute Gasteiger partial charge is 0.197 e. The van der Waals surface area contributed by atoms with E-state index in [2.05, 4.69) is 13.8 Å². The summed E-state index contributed by atoms with van der Waals surface area (Å²) in [5.41, 5.74) is 0.644. The molecule has 0 heterocycles. The summed E-state index contributed by atoms with van der Waals surface area (Å²) < 4.78 is 0. The molecule has 1 N–H and O–H groups in total. The molecule has 1 unspecified atom stereocenters. The van der Waals surface area contributed by atoms with Gasteiger partial charge >= 0.3 is 0 Å². The summed E-state index contributed by atoms with van der Waals surface area (Å²) in [4.78, 5) is 11.9. The first-order chi connectivity index (χ1) is 9.94. The Morgan fingerprint density at radius 1 is 1.10 bits per heavy atom. The lowest BCUT2D eigenvalue weighted by molar-refractivity contribution is -0.126. The van der Waals surface area contributed by atoms with Gasteiger partial charge in [-0.15, -0.1) is 0 Å². The predicted octanol–water partition coefficient (Wildman–Crippen LogP) is 4.65. The van der Waals surface area contributed by atoms with Crippen molar-refractivity contribution in [2.24, 2.45) is 34.5 Å². The third-order valence-corrected chi connectivity index (χ3v) is 7.91. The zero-order chi connectivity index (χ0) is 14.8. The molecule has 2 heteroatoms. The fraction of sp³-hybridized carbons (Fsp3) is 0.842. The average Bonchev–Trinajstić information content (AvgIpc) is 2.82. The first-order valence-electron chi connectivity index (χ1n) is 8.89. The Hall–Kier alpha value is -0.790. The molecule has 4 rings (SSSR count). The molecule has 4 aliphatic carbocycles. The molecule has 0 bridgehead atoms. The van der Waals surface area contributed by atoms with Crippen LogP contribution in [0.3, 0.4) is 0 Å². The molecule has 0 aromatic carbocycles. The molecule has 2 nitrogen and oxygen atoms in total.